The fraction of sp³-hybridized carbons (Fsp3) is 0. The molecule has 0 aliphatic rings. The zero-order valence-corrected chi connectivity index (χ0v) is 9.29. The van der Waals surface area contributed by atoms with Crippen molar-refractivity contribution < 1.29 is 4.42 Å². The molecule has 0 amide bonds. The number of para-hydroxylation sites is 2. The molecule has 2 aromatic carbocycles. The molecule has 5 nitrogen and oxygen atoms in total. The van der Waals surface area contributed by atoms with Gasteiger partial charge < -0.3 is 4.42 Å². The average Bonchev–Trinajstić information content (AvgIpc) is 3.04. The van der Waals surface area contributed by atoms with Crippen LogP contribution < -0.4 is 0 Å². The highest BCUT2D eigenvalue weighted by Crippen LogP contribution is 2.25. The first-order chi connectivity index (χ1) is 8.90. The summed E-state index contributed by atoms with van der Waals surface area (Å²) < 4.78 is 5.71. The number of H-pyrrole nitrogens is 1. The highest BCUT2D eigenvalue weighted by molar-refractivity contribution is 5.81. The van der Waals surface area contributed by atoms with E-state index in [2.05, 4.69) is 20.4 Å². The third-order valence-corrected chi connectivity index (χ3v) is 2.86. The molecule has 0 bridgehead atoms. The molecule has 18 heavy (non-hydrogen) atoms. The molecule has 0 atom stereocenters. The number of nitrogens with one attached hydrogen (secondary N) is 1. The molecule has 0 radical (unpaired) electrons. The molecule has 0 spiro atoms. The number of hydrogen-bond acceptors (Lipinski definition) is 4. The number of oxazole rings is 1. The first-order valence-corrected chi connectivity index (χ1v) is 5.57. The van der Waals surface area contributed by atoms with Crippen molar-refractivity contribution in [2.75, 3.05) is 0 Å². The van der Waals surface area contributed by atoms with Gasteiger partial charge in [0, 0.05) is 5.56 Å². The maximum atomic E-state index is 5.71. The Morgan fingerprint density at radius 1 is 0.889 bits per heavy atom. The quantitative estimate of drug-likeness (QED) is 0.551. The second-order valence-electron chi connectivity index (χ2n) is 4.01. The highest BCUT2D eigenvalue weighted by atomic mass is 16.3. The molecule has 0 saturated carbocycles. The summed E-state index contributed by atoms with van der Waals surface area (Å²) in [5.41, 5.74) is 4.16. The lowest BCUT2D eigenvalue weighted by Crippen LogP contribution is -1.77. The third-order valence-electron chi connectivity index (χ3n) is 2.86. The molecular formula is C13H8N4O. The Balaban J connectivity index is 1.94. The van der Waals surface area contributed by atoms with Gasteiger partial charge in [-0.15, -0.1) is 0 Å². The Labute approximate surface area is 101 Å². The van der Waals surface area contributed by atoms with Gasteiger partial charge >= 0.3 is 0 Å². The minimum absolute atomic E-state index is 0.598. The summed E-state index contributed by atoms with van der Waals surface area (Å²) in [6.07, 6.45) is 0. The van der Waals surface area contributed by atoms with E-state index < -0.39 is 0 Å². The highest BCUT2D eigenvalue weighted by Gasteiger charge is 2.09. The van der Waals surface area contributed by atoms with E-state index in [1.807, 2.05) is 42.5 Å². The molecule has 5 heteroatoms. The summed E-state index contributed by atoms with van der Waals surface area (Å²) in [5, 5.41) is 10.7. The second-order valence-corrected chi connectivity index (χ2v) is 4.01. The van der Waals surface area contributed by atoms with Gasteiger partial charge in [0.25, 0.3) is 0 Å². The third kappa shape index (κ3) is 1.31. The molecule has 2 heterocycles. The summed E-state index contributed by atoms with van der Waals surface area (Å²) in [7, 11) is 0. The van der Waals surface area contributed by atoms with Crippen LogP contribution in [0.15, 0.2) is 46.9 Å². The number of fused-ring (bicyclic) bond motifs is 2. The van der Waals surface area contributed by atoms with Crippen LogP contribution in [0.2, 0.25) is 0 Å². The average molecular weight is 236 g/mol. The number of rotatable bonds is 1. The van der Waals surface area contributed by atoms with E-state index in [-0.39, 0.29) is 0 Å². The Bertz CT molecular complexity index is 813. The molecule has 4 aromatic rings. The van der Waals surface area contributed by atoms with Gasteiger partial charge in [0.2, 0.25) is 5.89 Å². The van der Waals surface area contributed by atoms with Crippen LogP contribution in [0.3, 0.4) is 0 Å². The van der Waals surface area contributed by atoms with Gasteiger partial charge in [-0.1, -0.05) is 12.1 Å². The summed E-state index contributed by atoms with van der Waals surface area (Å²) >= 11 is 0. The van der Waals surface area contributed by atoms with Crippen LogP contribution in [0.1, 0.15) is 0 Å². The van der Waals surface area contributed by atoms with Gasteiger partial charge in [-0.2, -0.15) is 15.4 Å². The molecule has 86 valence electrons. The smallest absolute Gasteiger partial charge is 0.227 e. The lowest BCUT2D eigenvalue weighted by molar-refractivity contribution is 0.620. The predicted octanol–water partition coefficient (Wildman–Crippen LogP) is 2.77. The number of nitrogens with zero attached hydrogens (tertiary/aromatic N) is 3. The number of aromatic nitrogens is 4. The summed E-state index contributed by atoms with van der Waals surface area (Å²) in [4.78, 5) is 4.45. The van der Waals surface area contributed by atoms with Gasteiger partial charge in [0.1, 0.15) is 16.6 Å². The number of benzene rings is 2. The zero-order chi connectivity index (χ0) is 11.9. The Morgan fingerprint density at radius 2 is 1.78 bits per heavy atom. The van der Waals surface area contributed by atoms with Crippen molar-refractivity contribution in [2.45, 2.75) is 0 Å². The molecule has 0 unspecified atom stereocenters. The van der Waals surface area contributed by atoms with Crippen LogP contribution in [0.4, 0.5) is 0 Å². The van der Waals surface area contributed by atoms with E-state index in [0.717, 1.165) is 27.7 Å². The van der Waals surface area contributed by atoms with E-state index in [0.29, 0.717) is 5.89 Å². The normalized spacial score (nSPS) is 11.3. The number of aromatic amines is 1. The van der Waals surface area contributed by atoms with Gasteiger partial charge in [-0.25, -0.2) is 4.98 Å². The van der Waals surface area contributed by atoms with Crippen molar-refractivity contribution in [1.29, 1.82) is 0 Å². The topological polar surface area (TPSA) is 67.6 Å². The monoisotopic (exact) mass is 236 g/mol. The van der Waals surface area contributed by atoms with Crippen LogP contribution >= 0.6 is 0 Å². The molecular weight excluding hydrogens is 228 g/mol. The van der Waals surface area contributed by atoms with Gasteiger partial charge in [-0.3, -0.25) is 0 Å². The SMILES string of the molecule is c1ccc2oc(-c3ccc4n[nH]nc4c3)nc2c1. The first kappa shape index (κ1) is 9.35. The molecule has 0 saturated heterocycles. The van der Waals surface area contributed by atoms with Crippen LogP contribution in [-0.2, 0) is 0 Å². The zero-order valence-electron chi connectivity index (χ0n) is 9.29. The van der Waals surface area contributed by atoms with Gasteiger partial charge in [0.05, 0.1) is 0 Å². The maximum Gasteiger partial charge on any atom is 0.227 e. The maximum absolute atomic E-state index is 5.71. The Morgan fingerprint density at radius 3 is 2.72 bits per heavy atom. The van der Waals surface area contributed by atoms with Crippen molar-refractivity contribution >= 4 is 22.1 Å². The first-order valence-electron chi connectivity index (χ1n) is 5.57. The van der Waals surface area contributed by atoms with E-state index in [9.17, 15) is 0 Å². The Hall–Kier alpha value is -2.69. The van der Waals surface area contributed by atoms with Gasteiger partial charge in [-0.05, 0) is 30.3 Å². The molecule has 4 rings (SSSR count). The molecule has 2 aromatic heterocycles. The summed E-state index contributed by atoms with van der Waals surface area (Å²) in [6, 6.07) is 13.4. The summed E-state index contributed by atoms with van der Waals surface area (Å²) in [5.74, 6) is 0.598. The lowest BCUT2D eigenvalue weighted by atomic mass is 10.2. The van der Waals surface area contributed by atoms with Crippen molar-refractivity contribution in [2.24, 2.45) is 0 Å². The van der Waals surface area contributed by atoms with Crippen molar-refractivity contribution in [3.8, 4) is 11.5 Å². The van der Waals surface area contributed by atoms with Crippen LogP contribution in [-0.4, -0.2) is 20.4 Å². The lowest BCUT2D eigenvalue weighted by Gasteiger charge is -1.93. The largest absolute Gasteiger partial charge is 0.436 e. The molecule has 0 aliphatic heterocycles. The molecule has 0 fully saturated rings. The molecule has 0 aliphatic carbocycles. The van der Waals surface area contributed by atoms with E-state index >= 15 is 0 Å². The predicted molar refractivity (Wildman–Crippen MR) is 66.9 cm³/mol. The van der Waals surface area contributed by atoms with Crippen molar-refractivity contribution in [1.82, 2.24) is 20.4 Å². The summed E-state index contributed by atoms with van der Waals surface area (Å²) in [6.45, 7) is 0. The van der Waals surface area contributed by atoms with E-state index in [1.54, 1.807) is 0 Å². The standard InChI is InChI=1S/C13H8N4O/c1-2-4-12-10(3-1)14-13(18-12)8-5-6-9-11(7-8)16-17-15-9/h1-7H,(H,15,16,17). The van der Waals surface area contributed by atoms with Crippen LogP contribution in [0, 0.1) is 0 Å². The minimum atomic E-state index is 0.598. The minimum Gasteiger partial charge on any atom is -0.436 e. The fourth-order valence-electron chi connectivity index (χ4n) is 1.97. The number of hydrogen-bond donors (Lipinski definition) is 1. The van der Waals surface area contributed by atoms with Crippen molar-refractivity contribution in [3.05, 3.63) is 42.5 Å². The van der Waals surface area contributed by atoms with Gasteiger partial charge in [0.15, 0.2) is 5.58 Å². The van der Waals surface area contributed by atoms with E-state index in [4.69, 9.17) is 4.42 Å². The molecule has 1 N–H and O–H groups in total. The van der Waals surface area contributed by atoms with Crippen LogP contribution in [0.5, 0.6) is 0 Å². The second kappa shape index (κ2) is 3.40. The van der Waals surface area contributed by atoms with E-state index in [1.165, 1.54) is 0 Å². The van der Waals surface area contributed by atoms with Crippen molar-refractivity contribution in [3.63, 3.8) is 0 Å². The van der Waals surface area contributed by atoms with Crippen LogP contribution in [0.25, 0.3) is 33.6 Å². The Kier molecular flexibility index (Phi) is 1.77. The fourth-order valence-corrected chi connectivity index (χ4v) is 1.97.